The van der Waals surface area contributed by atoms with Gasteiger partial charge in [0.15, 0.2) is 0 Å². The van der Waals surface area contributed by atoms with E-state index >= 15 is 0 Å². The summed E-state index contributed by atoms with van der Waals surface area (Å²) in [5.74, 6) is 2.45. The van der Waals surface area contributed by atoms with Gasteiger partial charge in [-0.3, -0.25) is 4.79 Å². The molecule has 2 saturated carbocycles. The largest absolute Gasteiger partial charge is 0.341 e. The lowest BCUT2D eigenvalue weighted by Gasteiger charge is -2.35. The van der Waals surface area contributed by atoms with Crippen LogP contribution in [0.2, 0.25) is 0 Å². The number of hydrogen-bond acceptors (Lipinski definition) is 2. The molecule has 3 rings (SSSR count). The van der Waals surface area contributed by atoms with Crippen molar-refractivity contribution in [2.75, 3.05) is 20.1 Å². The van der Waals surface area contributed by atoms with Gasteiger partial charge in [0.05, 0.1) is 0 Å². The van der Waals surface area contributed by atoms with Crippen molar-refractivity contribution in [2.24, 2.45) is 17.8 Å². The monoisotopic (exact) mass is 236 g/mol. The summed E-state index contributed by atoms with van der Waals surface area (Å²) in [7, 11) is 2.01. The highest BCUT2D eigenvalue weighted by Gasteiger charge is 2.44. The van der Waals surface area contributed by atoms with Gasteiger partial charge in [0.25, 0.3) is 0 Å². The second kappa shape index (κ2) is 4.60. The average Bonchev–Trinajstić information content (AvgIpc) is 3.00. The van der Waals surface area contributed by atoms with Crippen LogP contribution in [0, 0.1) is 17.8 Å². The molecule has 2 aliphatic carbocycles. The zero-order valence-electron chi connectivity index (χ0n) is 10.8. The molecular formula is C14H24N2O. The molecule has 1 aliphatic heterocycles. The maximum Gasteiger partial charge on any atom is 0.226 e. The van der Waals surface area contributed by atoms with Crippen LogP contribution in [0.4, 0.5) is 0 Å². The molecule has 0 aromatic carbocycles. The molecule has 4 unspecified atom stereocenters. The fraction of sp³-hybridized carbons (Fsp3) is 0.929. The van der Waals surface area contributed by atoms with Crippen LogP contribution in [-0.2, 0) is 4.79 Å². The number of carbonyl (C=O) groups is 1. The van der Waals surface area contributed by atoms with Crippen LogP contribution in [0.25, 0.3) is 0 Å². The van der Waals surface area contributed by atoms with Crippen LogP contribution in [-0.4, -0.2) is 37.0 Å². The third-order valence-corrected chi connectivity index (χ3v) is 5.20. The van der Waals surface area contributed by atoms with E-state index in [1.165, 1.54) is 32.1 Å². The minimum absolute atomic E-state index is 0.379. The Morgan fingerprint density at radius 1 is 1.24 bits per heavy atom. The fourth-order valence-corrected chi connectivity index (χ4v) is 4.19. The van der Waals surface area contributed by atoms with Gasteiger partial charge < -0.3 is 10.2 Å². The van der Waals surface area contributed by atoms with Crippen molar-refractivity contribution in [3.63, 3.8) is 0 Å². The molecule has 3 nitrogen and oxygen atoms in total. The number of nitrogens with zero attached hydrogens (tertiary/aromatic N) is 1. The summed E-state index contributed by atoms with van der Waals surface area (Å²) >= 11 is 0. The topological polar surface area (TPSA) is 32.3 Å². The summed E-state index contributed by atoms with van der Waals surface area (Å²) in [6, 6.07) is 0.520. The molecule has 0 spiro atoms. The Balaban J connectivity index is 1.62. The minimum atomic E-state index is 0.379. The van der Waals surface area contributed by atoms with Crippen LogP contribution >= 0.6 is 0 Å². The van der Waals surface area contributed by atoms with Crippen LogP contribution in [0.15, 0.2) is 0 Å². The average molecular weight is 236 g/mol. The van der Waals surface area contributed by atoms with E-state index in [2.05, 4.69) is 10.2 Å². The Kier molecular flexibility index (Phi) is 3.12. The number of hydrogen-bond donors (Lipinski definition) is 1. The Morgan fingerprint density at radius 2 is 2.12 bits per heavy atom. The first-order valence-corrected chi connectivity index (χ1v) is 7.24. The van der Waals surface area contributed by atoms with Gasteiger partial charge in [-0.15, -0.1) is 0 Å². The van der Waals surface area contributed by atoms with Crippen molar-refractivity contribution in [1.82, 2.24) is 10.2 Å². The molecule has 2 bridgehead atoms. The number of piperidine rings is 1. The van der Waals surface area contributed by atoms with Gasteiger partial charge in [0.2, 0.25) is 5.91 Å². The highest BCUT2D eigenvalue weighted by atomic mass is 16.2. The lowest BCUT2D eigenvalue weighted by atomic mass is 9.87. The summed E-state index contributed by atoms with van der Waals surface area (Å²) in [4.78, 5) is 14.7. The maximum atomic E-state index is 12.5. The number of likely N-dealkylation sites (tertiary alicyclic amines) is 1. The summed E-state index contributed by atoms with van der Waals surface area (Å²) in [5, 5.41) is 3.32. The third-order valence-electron chi connectivity index (χ3n) is 5.20. The van der Waals surface area contributed by atoms with Crippen LogP contribution in [0.5, 0.6) is 0 Å². The number of amides is 1. The molecule has 0 aromatic rings. The molecule has 4 atom stereocenters. The normalized spacial score (nSPS) is 40.9. The summed E-state index contributed by atoms with van der Waals surface area (Å²) < 4.78 is 0. The molecule has 1 heterocycles. The van der Waals surface area contributed by atoms with E-state index in [0.29, 0.717) is 17.9 Å². The lowest BCUT2D eigenvalue weighted by Crippen LogP contribution is -2.49. The van der Waals surface area contributed by atoms with Crippen molar-refractivity contribution in [2.45, 2.75) is 44.6 Å². The number of rotatable bonds is 2. The van der Waals surface area contributed by atoms with E-state index in [-0.39, 0.29) is 0 Å². The zero-order chi connectivity index (χ0) is 11.8. The molecule has 17 heavy (non-hydrogen) atoms. The quantitative estimate of drug-likeness (QED) is 0.790. The number of carbonyl (C=O) groups excluding carboxylic acids is 1. The fourth-order valence-electron chi connectivity index (χ4n) is 4.19. The van der Waals surface area contributed by atoms with Crippen molar-refractivity contribution in [1.29, 1.82) is 0 Å². The Labute approximate surface area is 104 Å². The van der Waals surface area contributed by atoms with Gasteiger partial charge >= 0.3 is 0 Å². The zero-order valence-corrected chi connectivity index (χ0v) is 10.8. The van der Waals surface area contributed by atoms with Gasteiger partial charge in [0, 0.05) is 25.0 Å². The predicted octanol–water partition coefficient (Wildman–Crippen LogP) is 1.63. The standard InChI is InChI=1S/C14H24N2O/c1-15-12-3-2-6-16(9-12)14(17)13-8-10-4-5-11(13)7-10/h10-13,15H,2-9H2,1H3. The number of likely N-dealkylation sites (N-methyl/N-ethyl adjacent to an activating group) is 1. The SMILES string of the molecule is CNC1CCCN(C(=O)C2CC3CCC2C3)C1. The van der Waals surface area contributed by atoms with Gasteiger partial charge in [-0.1, -0.05) is 6.42 Å². The summed E-state index contributed by atoms with van der Waals surface area (Å²) in [5.41, 5.74) is 0. The van der Waals surface area contributed by atoms with Crippen molar-refractivity contribution in [3.05, 3.63) is 0 Å². The second-order valence-corrected chi connectivity index (χ2v) is 6.19. The number of nitrogens with one attached hydrogen (secondary N) is 1. The van der Waals surface area contributed by atoms with Gasteiger partial charge in [-0.2, -0.15) is 0 Å². The van der Waals surface area contributed by atoms with E-state index in [0.717, 1.165) is 31.3 Å². The molecule has 96 valence electrons. The highest BCUT2D eigenvalue weighted by molar-refractivity contribution is 5.79. The van der Waals surface area contributed by atoms with E-state index in [4.69, 9.17) is 0 Å². The van der Waals surface area contributed by atoms with E-state index in [1.54, 1.807) is 0 Å². The Hall–Kier alpha value is -0.570. The highest BCUT2D eigenvalue weighted by Crippen LogP contribution is 2.48. The maximum absolute atomic E-state index is 12.5. The van der Waals surface area contributed by atoms with Crippen LogP contribution < -0.4 is 5.32 Å². The summed E-state index contributed by atoms with van der Waals surface area (Å²) in [6.45, 7) is 1.92. The van der Waals surface area contributed by atoms with E-state index < -0.39 is 0 Å². The van der Waals surface area contributed by atoms with Crippen LogP contribution in [0.3, 0.4) is 0 Å². The van der Waals surface area contributed by atoms with Crippen molar-refractivity contribution < 1.29 is 4.79 Å². The molecule has 3 heteroatoms. The first kappa shape index (κ1) is 11.5. The Morgan fingerprint density at radius 3 is 2.76 bits per heavy atom. The van der Waals surface area contributed by atoms with E-state index in [1.807, 2.05) is 7.05 Å². The summed E-state index contributed by atoms with van der Waals surface area (Å²) in [6.07, 6.45) is 7.59. The molecular weight excluding hydrogens is 212 g/mol. The second-order valence-electron chi connectivity index (χ2n) is 6.19. The van der Waals surface area contributed by atoms with Gasteiger partial charge in [0.1, 0.15) is 0 Å². The molecule has 0 aromatic heterocycles. The molecule has 3 fully saturated rings. The first-order valence-electron chi connectivity index (χ1n) is 7.24. The molecule has 1 N–H and O–H groups in total. The van der Waals surface area contributed by atoms with Gasteiger partial charge in [-0.05, 0) is 51.0 Å². The molecule has 0 radical (unpaired) electrons. The first-order chi connectivity index (χ1) is 8.28. The van der Waals surface area contributed by atoms with E-state index in [9.17, 15) is 4.79 Å². The smallest absolute Gasteiger partial charge is 0.226 e. The van der Waals surface area contributed by atoms with Crippen molar-refractivity contribution >= 4 is 5.91 Å². The minimum Gasteiger partial charge on any atom is -0.341 e. The lowest BCUT2D eigenvalue weighted by molar-refractivity contribution is -0.138. The molecule has 3 aliphatic rings. The predicted molar refractivity (Wildman–Crippen MR) is 67.6 cm³/mol. The van der Waals surface area contributed by atoms with Crippen LogP contribution in [0.1, 0.15) is 38.5 Å². The Bertz CT molecular complexity index is 305. The third kappa shape index (κ3) is 2.10. The van der Waals surface area contributed by atoms with Crippen molar-refractivity contribution in [3.8, 4) is 0 Å². The molecule has 1 amide bonds. The number of fused-ring (bicyclic) bond motifs is 2. The van der Waals surface area contributed by atoms with Gasteiger partial charge in [-0.25, -0.2) is 0 Å². The molecule has 1 saturated heterocycles.